The van der Waals surface area contributed by atoms with E-state index in [1.165, 1.54) is 5.56 Å². The number of halogens is 1. The topological polar surface area (TPSA) is 20.3 Å². The molecule has 1 aliphatic rings. The van der Waals surface area contributed by atoms with E-state index in [2.05, 4.69) is 5.92 Å². The van der Waals surface area contributed by atoms with E-state index >= 15 is 0 Å². The van der Waals surface area contributed by atoms with Gasteiger partial charge in [-0.1, -0.05) is 12.0 Å². The summed E-state index contributed by atoms with van der Waals surface area (Å²) in [5.74, 6) is 2.64. The molecule has 2 nitrogen and oxygen atoms in total. The van der Waals surface area contributed by atoms with Gasteiger partial charge in [-0.25, -0.2) is 0 Å². The summed E-state index contributed by atoms with van der Waals surface area (Å²) in [6.07, 6.45) is 6.23. The van der Waals surface area contributed by atoms with Crippen molar-refractivity contribution in [1.29, 1.82) is 0 Å². The van der Waals surface area contributed by atoms with Crippen LogP contribution in [0.1, 0.15) is 16.7 Å². The molecular weight excluding hydrogens is 222 g/mol. The second-order valence-electron chi connectivity index (χ2n) is 3.83. The van der Waals surface area contributed by atoms with Crippen molar-refractivity contribution in [1.82, 2.24) is 4.90 Å². The van der Waals surface area contributed by atoms with Crippen LogP contribution in [-0.2, 0) is 17.8 Å². The predicted octanol–water partition coefficient (Wildman–Crippen LogP) is 1.79. The fourth-order valence-electron chi connectivity index (χ4n) is 1.94. The first kappa shape index (κ1) is 11.0. The lowest BCUT2D eigenvalue weighted by molar-refractivity contribution is -0.129. The van der Waals surface area contributed by atoms with Crippen LogP contribution in [0.25, 0.3) is 0 Å². The van der Waals surface area contributed by atoms with Crippen molar-refractivity contribution in [2.24, 2.45) is 0 Å². The number of terminal acetylenes is 1. The van der Waals surface area contributed by atoms with Gasteiger partial charge in [0.05, 0.1) is 0 Å². The molecule has 1 aromatic carbocycles. The van der Waals surface area contributed by atoms with E-state index in [1.54, 1.807) is 4.90 Å². The number of carbonyl (C=O) groups is 1. The Bertz CT molecular complexity index is 461. The van der Waals surface area contributed by atoms with Gasteiger partial charge in [-0.2, -0.15) is 0 Å². The van der Waals surface area contributed by atoms with Crippen LogP contribution in [0.4, 0.5) is 0 Å². The highest BCUT2D eigenvalue weighted by Gasteiger charge is 2.19. The minimum absolute atomic E-state index is 0.0153. The number of fused-ring (bicyclic) bond motifs is 1. The normalized spacial score (nSPS) is 14.1. The number of alkyl halides is 1. The summed E-state index contributed by atoms with van der Waals surface area (Å²) in [7, 11) is 0. The number of nitrogens with zero attached hydrogens (tertiary/aromatic N) is 1. The zero-order valence-electron chi connectivity index (χ0n) is 8.87. The molecule has 1 amide bonds. The average molecular weight is 234 g/mol. The molecule has 16 heavy (non-hydrogen) atoms. The first-order valence-corrected chi connectivity index (χ1v) is 5.70. The molecule has 0 bridgehead atoms. The van der Waals surface area contributed by atoms with Crippen LogP contribution >= 0.6 is 11.6 Å². The van der Waals surface area contributed by atoms with Gasteiger partial charge in [0.25, 0.3) is 0 Å². The van der Waals surface area contributed by atoms with Crippen LogP contribution in [0.3, 0.4) is 0 Å². The van der Waals surface area contributed by atoms with Crippen molar-refractivity contribution in [3.63, 3.8) is 0 Å². The van der Waals surface area contributed by atoms with Crippen LogP contribution in [0.15, 0.2) is 18.2 Å². The molecule has 0 fully saturated rings. The Balaban J connectivity index is 2.25. The largest absolute Gasteiger partial charge is 0.337 e. The molecule has 0 saturated carbocycles. The number of hydrogen-bond donors (Lipinski definition) is 0. The van der Waals surface area contributed by atoms with Gasteiger partial charge in [-0.3, -0.25) is 4.79 Å². The molecule has 0 unspecified atom stereocenters. The van der Waals surface area contributed by atoms with Gasteiger partial charge < -0.3 is 4.90 Å². The monoisotopic (exact) mass is 233 g/mol. The Morgan fingerprint density at radius 2 is 2.31 bits per heavy atom. The van der Waals surface area contributed by atoms with Crippen LogP contribution in [-0.4, -0.2) is 23.2 Å². The fraction of sp³-hybridized carbons (Fsp3) is 0.308. The summed E-state index contributed by atoms with van der Waals surface area (Å²) in [6, 6.07) is 5.97. The van der Waals surface area contributed by atoms with Crippen molar-refractivity contribution in [3.05, 3.63) is 34.9 Å². The first-order valence-electron chi connectivity index (χ1n) is 5.16. The Hall–Kier alpha value is -1.46. The second kappa shape index (κ2) is 4.59. The zero-order valence-corrected chi connectivity index (χ0v) is 9.63. The van der Waals surface area contributed by atoms with Crippen molar-refractivity contribution in [3.8, 4) is 12.3 Å². The van der Waals surface area contributed by atoms with Crippen LogP contribution in [0, 0.1) is 12.3 Å². The van der Waals surface area contributed by atoms with Crippen molar-refractivity contribution >= 4 is 17.5 Å². The smallest absolute Gasteiger partial charge is 0.237 e. The van der Waals surface area contributed by atoms with Gasteiger partial charge in [-0.15, -0.1) is 18.0 Å². The third-order valence-electron chi connectivity index (χ3n) is 2.85. The fourth-order valence-corrected chi connectivity index (χ4v) is 2.11. The molecule has 0 aromatic heterocycles. The molecule has 1 aromatic rings. The van der Waals surface area contributed by atoms with Crippen molar-refractivity contribution in [2.45, 2.75) is 13.0 Å². The van der Waals surface area contributed by atoms with Crippen LogP contribution in [0.2, 0.25) is 0 Å². The van der Waals surface area contributed by atoms with E-state index in [-0.39, 0.29) is 11.8 Å². The third kappa shape index (κ3) is 2.05. The molecule has 1 aliphatic heterocycles. The Kier molecular flexibility index (Phi) is 3.17. The number of hydrogen-bond acceptors (Lipinski definition) is 1. The minimum atomic E-state index is -0.0153. The Morgan fingerprint density at radius 1 is 1.50 bits per heavy atom. The van der Waals surface area contributed by atoms with Gasteiger partial charge >= 0.3 is 0 Å². The molecule has 0 aliphatic carbocycles. The van der Waals surface area contributed by atoms with E-state index in [1.807, 2.05) is 18.2 Å². The van der Waals surface area contributed by atoms with Crippen LogP contribution in [0.5, 0.6) is 0 Å². The maximum absolute atomic E-state index is 11.5. The second-order valence-corrected chi connectivity index (χ2v) is 4.09. The molecule has 0 saturated heterocycles. The quantitative estimate of drug-likeness (QED) is 0.535. The maximum Gasteiger partial charge on any atom is 0.237 e. The number of amides is 1. The van der Waals surface area contributed by atoms with Gasteiger partial charge in [0.1, 0.15) is 5.88 Å². The minimum Gasteiger partial charge on any atom is -0.337 e. The molecule has 0 radical (unpaired) electrons. The summed E-state index contributed by atoms with van der Waals surface area (Å²) in [6.45, 7) is 1.37. The highest BCUT2D eigenvalue weighted by Crippen LogP contribution is 2.20. The maximum atomic E-state index is 11.5. The van der Waals surface area contributed by atoms with Gasteiger partial charge in [0.15, 0.2) is 0 Å². The van der Waals surface area contributed by atoms with Gasteiger partial charge in [0, 0.05) is 18.7 Å². The van der Waals surface area contributed by atoms with Gasteiger partial charge in [-0.05, 0) is 29.7 Å². The standard InChI is InChI=1S/C13H12ClNO/c1-2-10-3-4-11-5-6-15(13(16)8-14)9-12(11)7-10/h1,3-4,7H,5-6,8-9H2. The van der Waals surface area contributed by atoms with Crippen molar-refractivity contribution < 1.29 is 4.79 Å². The molecule has 82 valence electrons. The summed E-state index contributed by atoms with van der Waals surface area (Å²) in [5, 5.41) is 0. The highest BCUT2D eigenvalue weighted by molar-refractivity contribution is 6.27. The Morgan fingerprint density at radius 3 is 3.00 bits per heavy atom. The number of rotatable bonds is 1. The van der Waals surface area contributed by atoms with E-state index < -0.39 is 0 Å². The summed E-state index contributed by atoms with van der Waals surface area (Å²) in [4.78, 5) is 13.3. The molecular formula is C13H12ClNO. The van der Waals surface area contributed by atoms with E-state index in [0.29, 0.717) is 6.54 Å². The van der Waals surface area contributed by atoms with E-state index in [0.717, 1.165) is 24.1 Å². The SMILES string of the molecule is C#Cc1ccc2c(c1)CN(C(=O)CCl)CC2. The number of benzene rings is 1. The first-order chi connectivity index (χ1) is 7.74. The summed E-state index contributed by atoms with van der Waals surface area (Å²) >= 11 is 5.55. The molecule has 3 heteroatoms. The lowest BCUT2D eigenvalue weighted by atomic mass is 9.97. The highest BCUT2D eigenvalue weighted by atomic mass is 35.5. The van der Waals surface area contributed by atoms with Crippen LogP contribution < -0.4 is 0 Å². The molecule has 1 heterocycles. The Labute approximate surface area is 100 Å². The summed E-state index contributed by atoms with van der Waals surface area (Å²) in [5.41, 5.74) is 3.27. The van der Waals surface area contributed by atoms with Gasteiger partial charge in [0.2, 0.25) is 5.91 Å². The molecule has 0 spiro atoms. The lowest BCUT2D eigenvalue weighted by Gasteiger charge is -2.28. The molecule has 2 rings (SSSR count). The zero-order chi connectivity index (χ0) is 11.5. The average Bonchev–Trinajstić information content (AvgIpc) is 2.36. The lowest BCUT2D eigenvalue weighted by Crippen LogP contribution is -2.36. The van der Waals surface area contributed by atoms with Crippen molar-refractivity contribution in [2.75, 3.05) is 12.4 Å². The van der Waals surface area contributed by atoms with E-state index in [9.17, 15) is 4.79 Å². The third-order valence-corrected chi connectivity index (χ3v) is 3.08. The number of carbonyl (C=O) groups excluding carboxylic acids is 1. The van der Waals surface area contributed by atoms with E-state index in [4.69, 9.17) is 18.0 Å². The summed E-state index contributed by atoms with van der Waals surface area (Å²) < 4.78 is 0. The molecule has 0 atom stereocenters. The molecule has 0 N–H and O–H groups in total. The predicted molar refractivity (Wildman–Crippen MR) is 64.2 cm³/mol.